The van der Waals surface area contributed by atoms with E-state index in [1.54, 1.807) is 6.07 Å². The van der Waals surface area contributed by atoms with Crippen molar-refractivity contribution in [1.82, 2.24) is 10.5 Å². The van der Waals surface area contributed by atoms with Crippen LogP contribution in [-0.2, 0) is 0 Å². The van der Waals surface area contributed by atoms with Gasteiger partial charge >= 0.3 is 0 Å². The Morgan fingerprint density at radius 2 is 2.11 bits per heavy atom. The highest BCUT2D eigenvalue weighted by atomic mass is 16.5. The average Bonchev–Trinajstić information content (AvgIpc) is 3.10. The zero-order valence-electron chi connectivity index (χ0n) is 10.3. The number of carbonyl (C=O) groups is 1. The van der Waals surface area contributed by atoms with Crippen molar-refractivity contribution in [2.24, 2.45) is 0 Å². The maximum Gasteiger partial charge on any atom is 0.273 e. The number of carbonyl (C=O) groups excluding carboxylic acids is 1. The Hall–Kier alpha value is -1.36. The summed E-state index contributed by atoms with van der Waals surface area (Å²) in [5.74, 6) is 1.03. The lowest BCUT2D eigenvalue weighted by Crippen LogP contribution is -2.45. The maximum absolute atomic E-state index is 12.0. The topological polar surface area (TPSA) is 75.4 Å². The maximum atomic E-state index is 12.0. The fraction of sp³-hybridized carbons (Fsp3) is 0.692. The zero-order chi connectivity index (χ0) is 12.5. The van der Waals surface area contributed by atoms with Gasteiger partial charge in [-0.3, -0.25) is 4.79 Å². The molecule has 0 bridgehead atoms. The summed E-state index contributed by atoms with van der Waals surface area (Å²) in [4.78, 5) is 12.0. The van der Waals surface area contributed by atoms with Gasteiger partial charge in [0.2, 0.25) is 0 Å². The van der Waals surface area contributed by atoms with Gasteiger partial charge in [-0.2, -0.15) is 0 Å². The summed E-state index contributed by atoms with van der Waals surface area (Å²) in [5, 5.41) is 16.5. The Balaban J connectivity index is 1.62. The lowest BCUT2D eigenvalue weighted by Gasteiger charge is -2.27. The van der Waals surface area contributed by atoms with Gasteiger partial charge in [-0.1, -0.05) is 18.0 Å². The van der Waals surface area contributed by atoms with Gasteiger partial charge < -0.3 is 14.9 Å². The molecule has 98 valence electrons. The van der Waals surface area contributed by atoms with Crippen LogP contribution in [0.3, 0.4) is 0 Å². The average molecular weight is 250 g/mol. The third-order valence-electron chi connectivity index (χ3n) is 3.79. The minimum Gasteiger partial charge on any atom is -0.391 e. The van der Waals surface area contributed by atoms with E-state index in [0.717, 1.165) is 44.3 Å². The molecule has 2 N–H and O–H groups in total. The quantitative estimate of drug-likeness (QED) is 0.854. The minimum absolute atomic E-state index is 0.146. The van der Waals surface area contributed by atoms with Crippen LogP contribution in [0.2, 0.25) is 0 Å². The van der Waals surface area contributed by atoms with Crippen molar-refractivity contribution in [2.75, 3.05) is 0 Å². The molecule has 0 radical (unpaired) electrons. The molecular formula is C13H18N2O3. The molecule has 2 atom stereocenters. The number of hydrogen-bond acceptors (Lipinski definition) is 4. The summed E-state index contributed by atoms with van der Waals surface area (Å²) >= 11 is 0. The molecule has 2 fully saturated rings. The van der Waals surface area contributed by atoms with E-state index in [1.165, 1.54) is 0 Å². The van der Waals surface area contributed by atoms with Gasteiger partial charge in [0.05, 0.1) is 12.1 Å². The van der Waals surface area contributed by atoms with Crippen LogP contribution in [0.5, 0.6) is 0 Å². The second-order valence-electron chi connectivity index (χ2n) is 5.32. The molecule has 1 heterocycles. The highest BCUT2D eigenvalue weighted by Crippen LogP contribution is 2.40. The number of hydrogen-bond donors (Lipinski definition) is 2. The van der Waals surface area contributed by atoms with Crippen molar-refractivity contribution in [1.29, 1.82) is 0 Å². The Labute approximate surface area is 106 Å². The van der Waals surface area contributed by atoms with Crippen molar-refractivity contribution in [3.8, 4) is 0 Å². The first kappa shape index (κ1) is 11.7. The Kier molecular flexibility index (Phi) is 3.07. The third kappa shape index (κ3) is 2.41. The molecule has 1 amide bonds. The molecule has 2 unspecified atom stereocenters. The zero-order valence-corrected chi connectivity index (χ0v) is 10.3. The van der Waals surface area contributed by atoms with E-state index in [0.29, 0.717) is 11.6 Å². The van der Waals surface area contributed by atoms with Crippen LogP contribution in [0, 0.1) is 0 Å². The monoisotopic (exact) mass is 250 g/mol. The van der Waals surface area contributed by atoms with Crippen LogP contribution in [0.15, 0.2) is 10.6 Å². The van der Waals surface area contributed by atoms with E-state index >= 15 is 0 Å². The summed E-state index contributed by atoms with van der Waals surface area (Å²) in [5.41, 5.74) is 0.328. The molecule has 2 saturated carbocycles. The minimum atomic E-state index is -0.433. The molecule has 18 heavy (non-hydrogen) atoms. The van der Waals surface area contributed by atoms with E-state index in [1.807, 2.05) is 0 Å². The van der Waals surface area contributed by atoms with Gasteiger partial charge in [-0.25, -0.2) is 0 Å². The fourth-order valence-corrected chi connectivity index (χ4v) is 2.48. The molecule has 0 aliphatic heterocycles. The van der Waals surface area contributed by atoms with Crippen LogP contribution < -0.4 is 5.32 Å². The van der Waals surface area contributed by atoms with Gasteiger partial charge in [0.1, 0.15) is 5.76 Å². The smallest absolute Gasteiger partial charge is 0.273 e. The first-order valence-corrected chi connectivity index (χ1v) is 6.69. The second kappa shape index (κ2) is 4.72. The van der Waals surface area contributed by atoms with Crippen molar-refractivity contribution in [3.05, 3.63) is 17.5 Å². The van der Waals surface area contributed by atoms with Crippen LogP contribution in [0.4, 0.5) is 0 Å². The number of aromatic nitrogens is 1. The van der Waals surface area contributed by atoms with Gasteiger partial charge in [0, 0.05) is 12.0 Å². The van der Waals surface area contributed by atoms with E-state index < -0.39 is 6.10 Å². The van der Waals surface area contributed by atoms with E-state index in [2.05, 4.69) is 10.5 Å². The standard InChI is InChI=1S/C13H18N2O3/c16-11-4-2-1-3-9(11)14-13(17)10-7-12(18-15-10)8-5-6-8/h7-9,11,16H,1-6H2,(H,14,17). The number of rotatable bonds is 3. The number of aliphatic hydroxyl groups excluding tert-OH is 1. The Morgan fingerprint density at radius 3 is 2.83 bits per heavy atom. The van der Waals surface area contributed by atoms with Crippen LogP contribution in [0.1, 0.15) is 60.7 Å². The second-order valence-corrected chi connectivity index (χ2v) is 5.32. The van der Waals surface area contributed by atoms with Crippen LogP contribution >= 0.6 is 0 Å². The Bertz CT molecular complexity index is 439. The van der Waals surface area contributed by atoms with Crippen LogP contribution in [-0.4, -0.2) is 28.3 Å². The van der Waals surface area contributed by atoms with Gasteiger partial charge in [0.25, 0.3) is 5.91 Å². The molecule has 2 aliphatic rings. The summed E-state index contributed by atoms with van der Waals surface area (Å²) in [7, 11) is 0. The SMILES string of the molecule is O=C(NC1CCCCC1O)c1cc(C2CC2)on1. The Morgan fingerprint density at radius 1 is 1.33 bits per heavy atom. The van der Waals surface area contributed by atoms with Gasteiger partial charge in [-0.05, 0) is 25.7 Å². The van der Waals surface area contributed by atoms with Crippen molar-refractivity contribution >= 4 is 5.91 Å². The summed E-state index contributed by atoms with van der Waals surface area (Å²) in [6.45, 7) is 0. The normalized spacial score (nSPS) is 28.1. The summed E-state index contributed by atoms with van der Waals surface area (Å²) < 4.78 is 5.15. The predicted octanol–water partition coefficient (Wildman–Crippen LogP) is 1.59. The molecule has 0 aromatic carbocycles. The molecular weight excluding hydrogens is 232 g/mol. The number of aliphatic hydroxyl groups is 1. The molecule has 5 heteroatoms. The number of nitrogens with one attached hydrogen (secondary N) is 1. The van der Waals surface area contributed by atoms with E-state index in [-0.39, 0.29) is 11.9 Å². The lowest BCUT2D eigenvalue weighted by atomic mass is 9.92. The summed E-state index contributed by atoms with van der Waals surface area (Å²) in [6.07, 6.45) is 5.49. The van der Waals surface area contributed by atoms with E-state index in [9.17, 15) is 9.90 Å². The van der Waals surface area contributed by atoms with Gasteiger partial charge in [-0.15, -0.1) is 0 Å². The largest absolute Gasteiger partial charge is 0.391 e. The number of nitrogens with zero attached hydrogens (tertiary/aromatic N) is 1. The molecule has 3 rings (SSSR count). The first-order valence-electron chi connectivity index (χ1n) is 6.69. The van der Waals surface area contributed by atoms with Crippen LogP contribution in [0.25, 0.3) is 0 Å². The lowest BCUT2D eigenvalue weighted by molar-refractivity contribution is 0.0711. The first-order chi connectivity index (χ1) is 8.74. The molecule has 0 saturated heterocycles. The summed E-state index contributed by atoms with van der Waals surface area (Å²) in [6, 6.07) is 1.58. The van der Waals surface area contributed by atoms with Crippen molar-refractivity contribution < 1.29 is 14.4 Å². The highest BCUT2D eigenvalue weighted by molar-refractivity contribution is 5.92. The molecule has 2 aliphatic carbocycles. The third-order valence-corrected chi connectivity index (χ3v) is 3.79. The van der Waals surface area contributed by atoms with Crippen molar-refractivity contribution in [3.63, 3.8) is 0 Å². The fourth-order valence-electron chi connectivity index (χ4n) is 2.48. The predicted molar refractivity (Wildman–Crippen MR) is 64.2 cm³/mol. The highest BCUT2D eigenvalue weighted by Gasteiger charge is 2.30. The molecule has 1 aromatic heterocycles. The van der Waals surface area contributed by atoms with E-state index in [4.69, 9.17) is 4.52 Å². The number of amides is 1. The molecule has 5 nitrogen and oxygen atoms in total. The molecule has 1 aromatic rings. The molecule has 0 spiro atoms. The van der Waals surface area contributed by atoms with Crippen molar-refractivity contribution in [2.45, 2.75) is 56.6 Å². The van der Waals surface area contributed by atoms with Gasteiger partial charge in [0.15, 0.2) is 5.69 Å².